The Labute approximate surface area is 55.1 Å². The van der Waals surface area contributed by atoms with Crippen LogP contribution in [-0.2, 0) is 0 Å². The molecule has 0 aliphatic rings. The molecule has 0 heterocycles. The Balaban J connectivity index is -0.0000000131. The highest BCUT2D eigenvalue weighted by Crippen LogP contribution is 1.80. The van der Waals surface area contributed by atoms with Gasteiger partial charge in [-0.25, -0.2) is 0 Å². The Morgan fingerprint density at radius 3 is 1.10 bits per heavy atom. The van der Waals surface area contributed by atoms with Gasteiger partial charge in [0.1, 0.15) is 0 Å². The van der Waals surface area contributed by atoms with Gasteiger partial charge in [0.2, 0.25) is 0 Å². The number of hydrogen-bond donors (Lipinski definition) is 1. The van der Waals surface area contributed by atoms with Crippen molar-refractivity contribution in [2.75, 3.05) is 6.54 Å². The van der Waals surface area contributed by atoms with Gasteiger partial charge in [0.05, 0.1) is 0 Å². The summed E-state index contributed by atoms with van der Waals surface area (Å²) in [4.78, 5) is 0. The van der Waals surface area contributed by atoms with Crippen molar-refractivity contribution in [3.05, 3.63) is 0 Å². The third kappa shape index (κ3) is 2130. The van der Waals surface area contributed by atoms with Crippen molar-refractivity contribution in [2.45, 2.75) is 6.92 Å². The summed E-state index contributed by atoms with van der Waals surface area (Å²) >= 11 is 0. The maximum atomic E-state index is 9.67. The lowest BCUT2D eigenvalue weighted by molar-refractivity contribution is 0.535. The first-order valence-electron chi connectivity index (χ1n) is 1.77. The van der Waals surface area contributed by atoms with E-state index in [2.05, 4.69) is 0 Å². The maximum absolute atomic E-state index is 9.67. The van der Waals surface area contributed by atoms with Crippen LogP contribution in [0.15, 0.2) is 0 Å². The van der Waals surface area contributed by atoms with E-state index in [0.29, 0.717) is 0 Å². The second-order valence-electron chi connectivity index (χ2n) is 0.656. The zero-order valence-corrected chi connectivity index (χ0v) is 5.22. The van der Waals surface area contributed by atoms with Crippen molar-refractivity contribution in [2.24, 2.45) is 5.73 Å². The van der Waals surface area contributed by atoms with Gasteiger partial charge in [0, 0.05) is 0 Å². The lowest BCUT2D eigenvalue weighted by atomic mass is 10.5. The van der Waals surface area contributed by atoms with E-state index in [-0.39, 0.29) is 14.1 Å². The van der Waals surface area contributed by atoms with Gasteiger partial charge in [0.15, 0.2) is 0 Å². The highest BCUT2D eigenvalue weighted by Gasteiger charge is 2.06. The standard InChI is InChI=1S/C2H7N.BF3.3FH/c1-2-3;2-1(3)4;;;/h2-3H2,1H3;;3*1H. The van der Waals surface area contributed by atoms with Gasteiger partial charge in [-0.05, 0) is 6.54 Å². The van der Waals surface area contributed by atoms with E-state index in [9.17, 15) is 12.9 Å². The molecule has 0 bridgehead atoms. The summed E-state index contributed by atoms with van der Waals surface area (Å²) in [5, 5.41) is 0. The van der Waals surface area contributed by atoms with E-state index in [0.717, 1.165) is 6.54 Å². The average Bonchev–Trinajstić information content (AvgIpc) is 1.33. The predicted molar refractivity (Wildman–Crippen MR) is 31.3 cm³/mol. The van der Waals surface area contributed by atoms with E-state index >= 15 is 0 Å². The van der Waals surface area contributed by atoms with Crippen LogP contribution in [0.25, 0.3) is 0 Å². The second-order valence-corrected chi connectivity index (χ2v) is 0.656. The molecule has 0 spiro atoms. The fourth-order valence-corrected chi connectivity index (χ4v) is 0. The lowest BCUT2D eigenvalue weighted by Crippen LogP contribution is -1.87. The number of halogens is 6. The van der Waals surface area contributed by atoms with Gasteiger partial charge < -0.3 is 5.73 Å². The van der Waals surface area contributed by atoms with Crippen molar-refractivity contribution in [3.8, 4) is 0 Å². The Kier molecular flexibility index (Phi) is 128. The average molecular weight is 173 g/mol. The molecule has 0 radical (unpaired) electrons. The largest absolute Gasteiger partial charge is 0.762 e. The summed E-state index contributed by atoms with van der Waals surface area (Å²) in [5.74, 6) is 0. The summed E-state index contributed by atoms with van der Waals surface area (Å²) in [7, 11) is -3.67. The number of rotatable bonds is 0. The number of nitrogens with two attached hydrogens (primary N) is 1. The van der Waals surface area contributed by atoms with Gasteiger partial charge in [-0.3, -0.25) is 27.1 Å². The van der Waals surface area contributed by atoms with Gasteiger partial charge in [-0.15, -0.1) is 0 Å². The Bertz CT molecular complexity index is 27.0. The zero-order chi connectivity index (χ0) is 6.28. The van der Waals surface area contributed by atoms with Crippen LogP contribution < -0.4 is 5.73 Å². The van der Waals surface area contributed by atoms with E-state index < -0.39 is 7.54 Å². The molecule has 0 saturated carbocycles. The summed E-state index contributed by atoms with van der Waals surface area (Å²) in [6.07, 6.45) is 0. The highest BCUT2D eigenvalue weighted by molar-refractivity contribution is 6.33. The fraction of sp³-hybridized carbons (Fsp3) is 1.00. The molecule has 10 heavy (non-hydrogen) atoms. The molecule has 68 valence electrons. The van der Waals surface area contributed by atoms with Crippen LogP contribution in [0.1, 0.15) is 6.92 Å². The van der Waals surface area contributed by atoms with Crippen LogP contribution >= 0.6 is 0 Å². The molecule has 0 aliphatic carbocycles. The molecule has 0 atom stereocenters. The van der Waals surface area contributed by atoms with Crippen molar-refractivity contribution in [3.63, 3.8) is 0 Å². The molecule has 1 nitrogen and oxygen atoms in total. The first kappa shape index (κ1) is 33.5. The van der Waals surface area contributed by atoms with E-state index in [1.165, 1.54) is 0 Å². The normalized spacial score (nSPS) is 4.50. The van der Waals surface area contributed by atoms with Crippen LogP contribution in [0.5, 0.6) is 0 Å². The van der Waals surface area contributed by atoms with Gasteiger partial charge in [-0.1, -0.05) is 6.92 Å². The van der Waals surface area contributed by atoms with Crippen LogP contribution in [0.2, 0.25) is 0 Å². The smallest absolute Gasteiger partial charge is 0.331 e. The molecular formula is C2H10BF6N. The van der Waals surface area contributed by atoms with E-state index in [4.69, 9.17) is 5.73 Å². The zero-order valence-electron chi connectivity index (χ0n) is 5.22. The molecule has 0 aromatic rings. The van der Waals surface area contributed by atoms with Crippen molar-refractivity contribution in [1.82, 2.24) is 0 Å². The molecule has 0 saturated heterocycles. The van der Waals surface area contributed by atoms with Gasteiger partial charge in [0.25, 0.3) is 0 Å². The Morgan fingerprint density at radius 2 is 1.10 bits per heavy atom. The van der Waals surface area contributed by atoms with E-state index in [1.807, 2.05) is 6.92 Å². The highest BCUT2D eigenvalue weighted by atomic mass is 19.4. The predicted octanol–water partition coefficient (Wildman–Crippen LogP) is 1.30. The third-order valence-corrected chi connectivity index (χ3v) is 0. The fourth-order valence-electron chi connectivity index (χ4n) is 0. The molecule has 0 unspecified atom stereocenters. The summed E-state index contributed by atoms with van der Waals surface area (Å²) < 4.78 is 29.0. The molecule has 0 fully saturated rings. The molecule has 0 amide bonds. The minimum atomic E-state index is -3.67. The van der Waals surface area contributed by atoms with Gasteiger partial charge >= 0.3 is 7.54 Å². The second kappa shape index (κ2) is 38.3. The SMILES string of the molecule is CCN.F.F.F.FB(F)F. The molecule has 0 aromatic heterocycles. The van der Waals surface area contributed by atoms with Crippen molar-refractivity contribution >= 4 is 7.54 Å². The first-order valence-corrected chi connectivity index (χ1v) is 1.77. The molecule has 0 aliphatic heterocycles. The molecule has 0 rings (SSSR count). The van der Waals surface area contributed by atoms with Crippen molar-refractivity contribution < 1.29 is 27.1 Å². The summed E-state index contributed by atoms with van der Waals surface area (Å²) in [6, 6.07) is 0. The molecule has 0 aromatic carbocycles. The van der Waals surface area contributed by atoms with Crippen LogP contribution in [0, 0.1) is 0 Å². The molecule has 2 N–H and O–H groups in total. The topological polar surface area (TPSA) is 26.0 Å². The lowest BCUT2D eigenvalue weighted by Gasteiger charge is -1.55. The van der Waals surface area contributed by atoms with E-state index in [1.54, 1.807) is 0 Å². The van der Waals surface area contributed by atoms with Crippen molar-refractivity contribution in [1.29, 1.82) is 0 Å². The molecule has 8 heteroatoms. The van der Waals surface area contributed by atoms with Gasteiger partial charge in [-0.2, -0.15) is 0 Å². The summed E-state index contributed by atoms with van der Waals surface area (Å²) in [6.45, 7) is 2.65. The Hall–Kier alpha value is -0.395. The number of hydrogen-bond acceptors (Lipinski definition) is 1. The minimum Gasteiger partial charge on any atom is -0.331 e. The van der Waals surface area contributed by atoms with Crippen LogP contribution in [0.3, 0.4) is 0 Å². The maximum Gasteiger partial charge on any atom is 0.762 e. The quantitative estimate of drug-likeness (QED) is 0.433. The third-order valence-electron chi connectivity index (χ3n) is 0. The van der Waals surface area contributed by atoms with Crippen LogP contribution in [0.4, 0.5) is 27.1 Å². The monoisotopic (exact) mass is 173 g/mol. The summed E-state index contributed by atoms with van der Waals surface area (Å²) in [5.41, 5.74) is 4.85. The molecular weight excluding hydrogens is 163 g/mol. The first-order chi connectivity index (χ1) is 3.15. The minimum absolute atomic E-state index is 0. The Morgan fingerprint density at radius 1 is 1.10 bits per heavy atom. The van der Waals surface area contributed by atoms with Crippen LogP contribution in [-0.4, -0.2) is 14.1 Å².